The first-order valence-electron chi connectivity index (χ1n) is 28.8. The Labute approximate surface area is 424 Å². The highest BCUT2D eigenvalue weighted by atomic mass is 16.6. The summed E-state index contributed by atoms with van der Waals surface area (Å²) in [4.78, 5) is 11.9. The minimum Gasteiger partial charge on any atom is -0.463 e. The maximum Gasteiger partial charge on any atom is 0.305 e. The molecule has 0 heterocycles. The maximum atomic E-state index is 11.9. The summed E-state index contributed by atoms with van der Waals surface area (Å²) in [7, 11) is 0. The number of hydrogen-bond acceptors (Lipinski definition) is 13. The number of carbonyl (C=O) groups is 1. The molecule has 0 rings (SSSR count). The Kier molecular flexibility index (Phi) is 64.1. The van der Waals surface area contributed by atoms with Crippen LogP contribution in [-0.2, 0) is 61.6 Å². The van der Waals surface area contributed by atoms with Gasteiger partial charge in [-0.2, -0.15) is 0 Å². The molecule has 0 aromatic rings. The van der Waals surface area contributed by atoms with Gasteiger partial charge in [0.05, 0.1) is 139 Å². The van der Waals surface area contributed by atoms with E-state index in [2.05, 4.69) is 13.8 Å². The topological polar surface area (TPSA) is 128 Å². The van der Waals surface area contributed by atoms with Crippen LogP contribution in [0.4, 0.5) is 0 Å². The van der Waals surface area contributed by atoms with E-state index in [-0.39, 0.29) is 12.6 Å². The normalized spacial score (nSPS) is 11.6. The molecule has 414 valence electrons. The van der Waals surface area contributed by atoms with Crippen molar-refractivity contribution in [2.45, 2.75) is 206 Å². The number of rotatable bonds is 64. The lowest BCUT2D eigenvalue weighted by atomic mass is 10.0. The summed E-state index contributed by atoms with van der Waals surface area (Å²) in [5.41, 5.74) is 0. The van der Waals surface area contributed by atoms with Gasteiger partial charge < -0.3 is 56.8 Å². The zero-order valence-electron chi connectivity index (χ0n) is 45.3. The minimum atomic E-state index is -0.130. The fraction of sp³-hybridized carbons (Fsp3) is 0.982. The van der Waals surface area contributed by atoms with E-state index in [0.29, 0.717) is 145 Å². The molecule has 0 saturated carbocycles. The number of carbonyl (C=O) groups excluding carboxylic acids is 1. The quantitative estimate of drug-likeness (QED) is 0.0424. The predicted octanol–water partition coefficient (Wildman–Crippen LogP) is 12.5. The highest BCUT2D eigenvalue weighted by molar-refractivity contribution is 5.69. The van der Waals surface area contributed by atoms with Crippen molar-refractivity contribution in [3.63, 3.8) is 0 Å². The smallest absolute Gasteiger partial charge is 0.305 e. The Balaban J connectivity index is 3.11. The molecule has 0 aromatic carbocycles. The third-order valence-corrected chi connectivity index (χ3v) is 11.8. The first-order valence-corrected chi connectivity index (χ1v) is 28.8. The molecule has 0 saturated heterocycles. The fourth-order valence-corrected chi connectivity index (χ4v) is 7.63. The van der Waals surface area contributed by atoms with Crippen LogP contribution in [0, 0.1) is 0 Å². The Morgan fingerprint density at radius 2 is 0.377 bits per heavy atom. The second kappa shape index (κ2) is 65.0. The zero-order valence-corrected chi connectivity index (χ0v) is 45.3. The largest absolute Gasteiger partial charge is 0.463 e. The zero-order chi connectivity index (χ0) is 49.5. The molecule has 69 heavy (non-hydrogen) atoms. The Bertz CT molecular complexity index is 917. The molecule has 0 aliphatic rings. The molecular formula is C56H112O13. The summed E-state index contributed by atoms with van der Waals surface area (Å²) < 4.78 is 66.4. The molecule has 0 amide bonds. The van der Waals surface area contributed by atoms with Crippen LogP contribution >= 0.6 is 0 Å². The van der Waals surface area contributed by atoms with Crippen LogP contribution < -0.4 is 0 Å². The van der Waals surface area contributed by atoms with Crippen LogP contribution in [0.1, 0.15) is 206 Å². The molecule has 0 spiro atoms. The van der Waals surface area contributed by atoms with Gasteiger partial charge in [0.25, 0.3) is 0 Å². The summed E-state index contributed by atoms with van der Waals surface area (Å²) in [5, 5.41) is 0. The van der Waals surface area contributed by atoms with E-state index in [1.54, 1.807) is 0 Å². The van der Waals surface area contributed by atoms with Crippen molar-refractivity contribution < 1.29 is 61.6 Å². The van der Waals surface area contributed by atoms with Gasteiger partial charge in [0.2, 0.25) is 0 Å². The predicted molar refractivity (Wildman–Crippen MR) is 280 cm³/mol. The lowest BCUT2D eigenvalue weighted by Crippen LogP contribution is -2.15. The van der Waals surface area contributed by atoms with Crippen LogP contribution in [-0.4, -0.2) is 158 Å². The molecule has 0 unspecified atom stereocenters. The van der Waals surface area contributed by atoms with Gasteiger partial charge in [-0.25, -0.2) is 0 Å². The number of esters is 1. The first kappa shape index (κ1) is 68.0. The van der Waals surface area contributed by atoms with Crippen LogP contribution in [0.5, 0.6) is 0 Å². The summed E-state index contributed by atoms with van der Waals surface area (Å²) in [6, 6.07) is 0. The van der Waals surface area contributed by atoms with Gasteiger partial charge in [-0.05, 0) is 12.8 Å². The number of hydrogen-bond donors (Lipinski definition) is 0. The highest BCUT2D eigenvalue weighted by Crippen LogP contribution is 2.15. The van der Waals surface area contributed by atoms with Crippen molar-refractivity contribution in [1.29, 1.82) is 0 Å². The third-order valence-electron chi connectivity index (χ3n) is 11.8. The van der Waals surface area contributed by atoms with E-state index < -0.39 is 0 Å². The molecule has 13 heteroatoms. The molecule has 0 atom stereocenters. The molecule has 0 aliphatic heterocycles. The van der Waals surface area contributed by atoms with Gasteiger partial charge in [-0.1, -0.05) is 187 Å². The van der Waals surface area contributed by atoms with Gasteiger partial charge in [0, 0.05) is 13.0 Å². The Morgan fingerprint density at radius 3 is 0.609 bits per heavy atom. The van der Waals surface area contributed by atoms with Crippen LogP contribution in [0.3, 0.4) is 0 Å². The summed E-state index contributed by atoms with van der Waals surface area (Å²) in [6.07, 6.45) is 39.5. The second-order valence-electron chi connectivity index (χ2n) is 18.3. The van der Waals surface area contributed by atoms with Gasteiger partial charge in [0.15, 0.2) is 0 Å². The van der Waals surface area contributed by atoms with E-state index in [1.165, 1.54) is 167 Å². The minimum absolute atomic E-state index is 0.130. The van der Waals surface area contributed by atoms with Gasteiger partial charge in [0.1, 0.15) is 6.61 Å². The average Bonchev–Trinajstić information content (AvgIpc) is 3.36. The molecular weight excluding hydrogens is 881 g/mol. The first-order chi connectivity index (χ1) is 34.3. The van der Waals surface area contributed by atoms with Crippen LogP contribution in [0.15, 0.2) is 0 Å². The van der Waals surface area contributed by atoms with E-state index in [9.17, 15) is 4.79 Å². The van der Waals surface area contributed by atoms with E-state index >= 15 is 0 Å². The highest BCUT2D eigenvalue weighted by Gasteiger charge is 2.04. The van der Waals surface area contributed by atoms with E-state index in [4.69, 9.17) is 56.8 Å². The van der Waals surface area contributed by atoms with Crippen LogP contribution in [0.25, 0.3) is 0 Å². The van der Waals surface area contributed by atoms with Crippen molar-refractivity contribution in [3.05, 3.63) is 0 Å². The summed E-state index contributed by atoms with van der Waals surface area (Å²) in [5.74, 6) is -0.130. The Hall–Kier alpha value is -0.970. The van der Waals surface area contributed by atoms with Gasteiger partial charge >= 0.3 is 5.97 Å². The monoisotopic (exact) mass is 993 g/mol. The second-order valence-corrected chi connectivity index (χ2v) is 18.3. The van der Waals surface area contributed by atoms with Crippen molar-refractivity contribution >= 4 is 5.97 Å². The number of unbranched alkanes of at least 4 members (excludes halogenated alkanes) is 27. The van der Waals surface area contributed by atoms with Crippen molar-refractivity contribution in [1.82, 2.24) is 0 Å². The van der Waals surface area contributed by atoms with Gasteiger partial charge in [-0.15, -0.1) is 0 Å². The van der Waals surface area contributed by atoms with Crippen molar-refractivity contribution in [2.75, 3.05) is 152 Å². The Morgan fingerprint density at radius 1 is 0.203 bits per heavy atom. The molecule has 0 aliphatic carbocycles. The van der Waals surface area contributed by atoms with Gasteiger partial charge in [-0.3, -0.25) is 4.79 Å². The maximum absolute atomic E-state index is 11.9. The standard InChI is InChI=1S/C56H112O13/c1-3-5-7-9-11-13-15-17-18-19-21-23-25-27-29-31-33-58-34-35-59-36-37-60-38-39-61-40-41-62-42-43-63-44-45-64-46-47-65-48-49-66-50-51-67-52-53-68-54-55-69-56(57)32-30-28-26-24-22-20-16-14-12-10-8-6-4-2/h3-55H2,1-2H3. The molecule has 0 radical (unpaired) electrons. The molecule has 0 bridgehead atoms. The molecule has 0 N–H and O–H groups in total. The lowest BCUT2D eigenvalue weighted by molar-refractivity contribution is -0.145. The summed E-state index contributed by atoms with van der Waals surface area (Å²) in [6.45, 7) is 16.5. The van der Waals surface area contributed by atoms with Crippen molar-refractivity contribution in [3.8, 4) is 0 Å². The fourth-order valence-electron chi connectivity index (χ4n) is 7.63. The summed E-state index contributed by atoms with van der Waals surface area (Å²) >= 11 is 0. The molecule has 13 nitrogen and oxygen atoms in total. The molecule has 0 aromatic heterocycles. The number of ether oxygens (including phenoxy) is 12. The third kappa shape index (κ3) is 65.0. The van der Waals surface area contributed by atoms with E-state index in [0.717, 1.165) is 25.9 Å². The SMILES string of the molecule is CCCCCCCCCCCCCCCCCCOCCOCCOCCOCCOCCOCCOCCOCCOCCOCCOCCOC(=O)CCCCCCCCCCCCCCC. The van der Waals surface area contributed by atoms with E-state index in [1.807, 2.05) is 0 Å². The average molecular weight is 993 g/mol. The van der Waals surface area contributed by atoms with Crippen LogP contribution in [0.2, 0.25) is 0 Å². The van der Waals surface area contributed by atoms with Crippen molar-refractivity contribution in [2.24, 2.45) is 0 Å². The molecule has 0 fully saturated rings. The lowest BCUT2D eigenvalue weighted by Gasteiger charge is -2.09.